The monoisotopic (exact) mass is 359 g/mol. The SMILES string of the molecule is CN(C)S(=O)(=O)c1ccccc1CNC(=O)N1CCc2ccccc21. The highest BCUT2D eigenvalue weighted by molar-refractivity contribution is 7.89. The summed E-state index contributed by atoms with van der Waals surface area (Å²) in [6, 6.07) is 14.3. The number of carbonyl (C=O) groups is 1. The van der Waals surface area contributed by atoms with E-state index in [9.17, 15) is 13.2 Å². The van der Waals surface area contributed by atoms with Gasteiger partial charge in [-0.25, -0.2) is 17.5 Å². The zero-order valence-corrected chi connectivity index (χ0v) is 15.1. The number of anilines is 1. The molecule has 6 nitrogen and oxygen atoms in total. The van der Waals surface area contributed by atoms with Crippen molar-refractivity contribution < 1.29 is 13.2 Å². The van der Waals surface area contributed by atoms with Crippen molar-refractivity contribution in [1.82, 2.24) is 9.62 Å². The number of sulfonamides is 1. The van der Waals surface area contributed by atoms with E-state index in [1.807, 2.05) is 24.3 Å². The Morgan fingerprint density at radius 2 is 1.80 bits per heavy atom. The second-order valence-electron chi connectivity index (χ2n) is 6.08. The van der Waals surface area contributed by atoms with E-state index in [1.165, 1.54) is 18.4 Å². The van der Waals surface area contributed by atoms with E-state index in [0.29, 0.717) is 12.1 Å². The molecule has 0 atom stereocenters. The van der Waals surface area contributed by atoms with Gasteiger partial charge in [-0.3, -0.25) is 4.90 Å². The molecule has 0 fully saturated rings. The Balaban J connectivity index is 1.76. The normalized spacial score (nSPS) is 13.8. The number of nitrogens with zero attached hydrogens (tertiary/aromatic N) is 2. The summed E-state index contributed by atoms with van der Waals surface area (Å²) in [4.78, 5) is 14.4. The maximum Gasteiger partial charge on any atom is 0.322 e. The van der Waals surface area contributed by atoms with Crippen LogP contribution in [0.1, 0.15) is 11.1 Å². The van der Waals surface area contributed by atoms with Crippen molar-refractivity contribution in [3.63, 3.8) is 0 Å². The summed E-state index contributed by atoms with van der Waals surface area (Å²) in [5, 5.41) is 2.84. The van der Waals surface area contributed by atoms with Crippen LogP contribution in [0, 0.1) is 0 Å². The molecule has 7 heteroatoms. The van der Waals surface area contributed by atoms with Gasteiger partial charge in [-0.2, -0.15) is 0 Å². The largest absolute Gasteiger partial charge is 0.334 e. The molecule has 0 aliphatic carbocycles. The Hall–Kier alpha value is -2.38. The van der Waals surface area contributed by atoms with Crippen LogP contribution in [0.4, 0.5) is 10.5 Å². The maximum absolute atomic E-state index is 12.5. The number of carbonyl (C=O) groups excluding carboxylic acids is 1. The van der Waals surface area contributed by atoms with Crippen LogP contribution >= 0.6 is 0 Å². The van der Waals surface area contributed by atoms with Crippen molar-refractivity contribution in [3.05, 3.63) is 59.7 Å². The summed E-state index contributed by atoms with van der Waals surface area (Å²) in [5.41, 5.74) is 2.62. The van der Waals surface area contributed by atoms with Crippen molar-refractivity contribution in [2.24, 2.45) is 0 Å². The molecule has 0 saturated carbocycles. The summed E-state index contributed by atoms with van der Waals surface area (Å²) < 4.78 is 26.0. The molecular weight excluding hydrogens is 338 g/mol. The van der Waals surface area contributed by atoms with E-state index in [2.05, 4.69) is 5.32 Å². The molecular formula is C18H21N3O3S. The number of amides is 2. The minimum atomic E-state index is -3.55. The van der Waals surface area contributed by atoms with Crippen LogP contribution in [-0.4, -0.2) is 39.4 Å². The molecule has 132 valence electrons. The third-order valence-corrected chi connectivity index (χ3v) is 6.21. The van der Waals surface area contributed by atoms with Crippen LogP contribution in [0.5, 0.6) is 0 Å². The van der Waals surface area contributed by atoms with Crippen LogP contribution in [0.15, 0.2) is 53.4 Å². The standard InChI is InChI=1S/C18H21N3O3S/c1-20(2)25(23,24)17-10-6-4-8-15(17)13-19-18(22)21-12-11-14-7-3-5-9-16(14)21/h3-10H,11-13H2,1-2H3,(H,19,22). The molecule has 0 unspecified atom stereocenters. The highest BCUT2D eigenvalue weighted by Gasteiger charge is 2.25. The molecule has 2 aromatic carbocycles. The number of fused-ring (bicyclic) bond motifs is 1. The van der Waals surface area contributed by atoms with Crippen LogP contribution in [-0.2, 0) is 23.0 Å². The fourth-order valence-electron chi connectivity index (χ4n) is 2.91. The van der Waals surface area contributed by atoms with E-state index in [1.54, 1.807) is 29.2 Å². The van der Waals surface area contributed by atoms with Gasteiger partial charge < -0.3 is 5.32 Å². The lowest BCUT2D eigenvalue weighted by atomic mass is 10.2. The van der Waals surface area contributed by atoms with Crippen LogP contribution < -0.4 is 10.2 Å². The Morgan fingerprint density at radius 3 is 2.56 bits per heavy atom. The lowest BCUT2D eigenvalue weighted by Gasteiger charge is -2.19. The molecule has 2 amide bonds. The smallest absolute Gasteiger partial charge is 0.322 e. The number of hydrogen-bond donors (Lipinski definition) is 1. The number of rotatable bonds is 4. The first-order valence-corrected chi connectivity index (χ1v) is 9.49. The highest BCUT2D eigenvalue weighted by Crippen LogP contribution is 2.27. The predicted octanol–water partition coefficient (Wildman–Crippen LogP) is 2.21. The van der Waals surface area contributed by atoms with Gasteiger partial charge in [0.15, 0.2) is 0 Å². The minimum Gasteiger partial charge on any atom is -0.334 e. The molecule has 0 bridgehead atoms. The van der Waals surface area contributed by atoms with Gasteiger partial charge in [0.1, 0.15) is 0 Å². The highest BCUT2D eigenvalue weighted by atomic mass is 32.2. The number of hydrogen-bond acceptors (Lipinski definition) is 3. The molecule has 1 aliphatic rings. The lowest BCUT2D eigenvalue weighted by Crippen LogP contribution is -2.38. The van der Waals surface area contributed by atoms with Crippen molar-refractivity contribution in [3.8, 4) is 0 Å². The summed E-state index contributed by atoms with van der Waals surface area (Å²) in [6.07, 6.45) is 0.829. The first kappa shape index (κ1) is 17.4. The Labute approximate surface area is 148 Å². The molecule has 1 N–H and O–H groups in total. The summed E-state index contributed by atoms with van der Waals surface area (Å²) in [7, 11) is -0.571. The van der Waals surface area contributed by atoms with Gasteiger partial charge in [-0.1, -0.05) is 36.4 Å². The Bertz CT molecular complexity index is 894. The topological polar surface area (TPSA) is 69.7 Å². The van der Waals surface area contributed by atoms with E-state index < -0.39 is 10.0 Å². The van der Waals surface area contributed by atoms with E-state index in [4.69, 9.17) is 0 Å². The van der Waals surface area contributed by atoms with Crippen LogP contribution in [0.3, 0.4) is 0 Å². The quantitative estimate of drug-likeness (QED) is 0.910. The molecule has 1 heterocycles. The van der Waals surface area contributed by atoms with Gasteiger partial charge in [0.05, 0.1) is 4.90 Å². The fraction of sp³-hybridized carbons (Fsp3) is 0.278. The van der Waals surface area contributed by atoms with Crippen LogP contribution in [0.25, 0.3) is 0 Å². The van der Waals surface area contributed by atoms with Crippen molar-refractivity contribution >= 4 is 21.7 Å². The van der Waals surface area contributed by atoms with E-state index >= 15 is 0 Å². The minimum absolute atomic E-state index is 0.154. The molecule has 0 spiro atoms. The number of benzene rings is 2. The van der Waals surface area contributed by atoms with Gasteiger partial charge in [0.2, 0.25) is 10.0 Å². The third-order valence-electron chi connectivity index (χ3n) is 4.29. The van der Waals surface area contributed by atoms with Crippen molar-refractivity contribution in [2.75, 3.05) is 25.5 Å². The summed E-state index contributed by atoms with van der Waals surface area (Å²) >= 11 is 0. The summed E-state index contributed by atoms with van der Waals surface area (Å²) in [6.45, 7) is 0.781. The van der Waals surface area contributed by atoms with Gasteiger partial charge >= 0.3 is 6.03 Å². The Kier molecular flexibility index (Phi) is 4.78. The average Bonchev–Trinajstić information content (AvgIpc) is 3.04. The molecule has 2 aromatic rings. The fourth-order valence-corrected chi connectivity index (χ4v) is 4.03. The molecule has 25 heavy (non-hydrogen) atoms. The third kappa shape index (κ3) is 3.38. The van der Waals surface area contributed by atoms with Crippen molar-refractivity contribution in [2.45, 2.75) is 17.9 Å². The molecule has 0 aromatic heterocycles. The average molecular weight is 359 g/mol. The van der Waals surface area contributed by atoms with E-state index in [0.717, 1.165) is 17.7 Å². The number of urea groups is 1. The van der Waals surface area contributed by atoms with Crippen LogP contribution in [0.2, 0.25) is 0 Å². The van der Waals surface area contributed by atoms with Gasteiger partial charge in [0.25, 0.3) is 0 Å². The first-order valence-electron chi connectivity index (χ1n) is 8.05. The summed E-state index contributed by atoms with van der Waals surface area (Å²) in [5.74, 6) is 0. The van der Waals surface area contributed by atoms with Gasteiger partial charge in [-0.05, 0) is 29.7 Å². The number of nitrogens with one attached hydrogen (secondary N) is 1. The molecule has 0 saturated heterocycles. The maximum atomic E-state index is 12.5. The van der Waals surface area contributed by atoms with Crippen molar-refractivity contribution in [1.29, 1.82) is 0 Å². The number of para-hydroxylation sites is 1. The van der Waals surface area contributed by atoms with Gasteiger partial charge in [-0.15, -0.1) is 0 Å². The second-order valence-corrected chi connectivity index (χ2v) is 8.20. The zero-order chi connectivity index (χ0) is 18.0. The van der Waals surface area contributed by atoms with E-state index in [-0.39, 0.29) is 17.5 Å². The zero-order valence-electron chi connectivity index (χ0n) is 14.3. The predicted molar refractivity (Wildman–Crippen MR) is 97.0 cm³/mol. The Morgan fingerprint density at radius 1 is 1.12 bits per heavy atom. The lowest BCUT2D eigenvalue weighted by molar-refractivity contribution is 0.246. The first-order chi connectivity index (χ1) is 11.9. The second kappa shape index (κ2) is 6.85. The molecule has 0 radical (unpaired) electrons. The molecule has 3 rings (SSSR count). The van der Waals surface area contributed by atoms with Gasteiger partial charge in [0, 0.05) is 32.9 Å². The molecule has 1 aliphatic heterocycles.